The zero-order valence-corrected chi connectivity index (χ0v) is 14.8. The molecule has 0 radical (unpaired) electrons. The van der Waals surface area contributed by atoms with Crippen molar-refractivity contribution in [3.05, 3.63) is 36.5 Å². The fraction of sp³-hybridized carbons (Fsp3) is 0.389. The van der Waals surface area contributed by atoms with Crippen LogP contribution in [0.4, 0.5) is 5.82 Å². The van der Waals surface area contributed by atoms with E-state index in [1.807, 2.05) is 35.2 Å². The van der Waals surface area contributed by atoms with Crippen molar-refractivity contribution in [2.45, 2.75) is 18.9 Å². The molecule has 2 saturated heterocycles. The van der Waals surface area contributed by atoms with Gasteiger partial charge < -0.3 is 9.80 Å². The van der Waals surface area contributed by atoms with Gasteiger partial charge in [0.25, 0.3) is 0 Å². The largest absolute Gasteiger partial charge is 0.352 e. The van der Waals surface area contributed by atoms with Crippen LogP contribution in [0.15, 0.2) is 36.5 Å². The van der Waals surface area contributed by atoms with E-state index in [0.717, 1.165) is 17.2 Å². The van der Waals surface area contributed by atoms with Gasteiger partial charge in [-0.15, -0.1) is 10.2 Å². The molecule has 2 N–H and O–H groups in total. The number of rotatable bonds is 3. The van der Waals surface area contributed by atoms with Gasteiger partial charge in [0, 0.05) is 38.8 Å². The van der Waals surface area contributed by atoms with Crippen molar-refractivity contribution in [2.75, 3.05) is 31.1 Å². The Morgan fingerprint density at radius 3 is 2.52 bits per heavy atom. The van der Waals surface area contributed by atoms with Crippen LogP contribution in [0.25, 0.3) is 11.4 Å². The summed E-state index contributed by atoms with van der Waals surface area (Å²) in [6, 6.07) is 9.19. The number of carbonyl (C=O) groups excluding carboxylic acids is 2. The van der Waals surface area contributed by atoms with E-state index in [0.29, 0.717) is 39.0 Å². The molecule has 140 valence electrons. The lowest BCUT2D eigenvalue weighted by Gasteiger charge is -2.37. The third-order valence-corrected chi connectivity index (χ3v) is 4.84. The van der Waals surface area contributed by atoms with Gasteiger partial charge in [-0.3, -0.25) is 20.0 Å². The maximum Gasteiger partial charge on any atom is 0.241 e. The molecular weight excluding hydrogens is 346 g/mol. The molecule has 2 fully saturated rings. The standard InChI is InChI=1S/C18H21N7O2/c26-17-7-5-15(21-23-17)18(27)25-11-9-24(10-12-25)16-6-4-14(20-22-16)13-3-1-2-8-19-13/h1-4,6,8,15,21H,5,7,9-12H2,(H,23,26). The SMILES string of the molecule is O=C1CCC(C(=O)N2CCN(c3ccc(-c4ccccn4)nn3)CC2)NN1. The molecule has 1 unspecified atom stereocenters. The van der Waals surface area contributed by atoms with Crippen LogP contribution in [0.1, 0.15) is 12.8 Å². The zero-order chi connectivity index (χ0) is 18.6. The molecular formula is C18H21N7O2. The number of pyridine rings is 1. The van der Waals surface area contributed by atoms with Crippen molar-refractivity contribution in [3.63, 3.8) is 0 Å². The lowest BCUT2D eigenvalue weighted by atomic mass is 10.1. The number of nitrogens with zero attached hydrogens (tertiary/aromatic N) is 5. The monoisotopic (exact) mass is 367 g/mol. The zero-order valence-electron chi connectivity index (χ0n) is 14.8. The molecule has 0 aromatic carbocycles. The van der Waals surface area contributed by atoms with Gasteiger partial charge in [0.2, 0.25) is 11.8 Å². The highest BCUT2D eigenvalue weighted by molar-refractivity contribution is 5.85. The van der Waals surface area contributed by atoms with Gasteiger partial charge in [-0.25, -0.2) is 5.43 Å². The minimum Gasteiger partial charge on any atom is -0.352 e. The van der Waals surface area contributed by atoms with E-state index in [1.165, 1.54) is 0 Å². The van der Waals surface area contributed by atoms with Crippen LogP contribution >= 0.6 is 0 Å². The number of hydrazine groups is 1. The predicted molar refractivity (Wildman–Crippen MR) is 98.4 cm³/mol. The molecule has 1 atom stereocenters. The maximum atomic E-state index is 12.6. The average Bonchev–Trinajstić information content (AvgIpc) is 2.75. The first-order valence-electron chi connectivity index (χ1n) is 9.04. The van der Waals surface area contributed by atoms with E-state index in [1.54, 1.807) is 6.20 Å². The van der Waals surface area contributed by atoms with Gasteiger partial charge in [-0.05, 0) is 30.7 Å². The Labute approximate surface area is 156 Å². The Balaban J connectivity index is 1.34. The molecule has 4 rings (SSSR count). The van der Waals surface area contributed by atoms with Crippen LogP contribution < -0.4 is 15.8 Å². The van der Waals surface area contributed by atoms with Crippen LogP contribution in [-0.4, -0.2) is 64.1 Å². The summed E-state index contributed by atoms with van der Waals surface area (Å²) in [5, 5.41) is 8.59. The van der Waals surface area contributed by atoms with Crippen molar-refractivity contribution in [3.8, 4) is 11.4 Å². The lowest BCUT2D eigenvalue weighted by molar-refractivity contribution is -0.136. The first kappa shape index (κ1) is 17.3. The fourth-order valence-electron chi connectivity index (χ4n) is 3.28. The van der Waals surface area contributed by atoms with Crippen LogP contribution in [0.5, 0.6) is 0 Å². The highest BCUT2D eigenvalue weighted by atomic mass is 16.2. The molecule has 0 bridgehead atoms. The van der Waals surface area contributed by atoms with Crippen LogP contribution in [0.2, 0.25) is 0 Å². The molecule has 4 heterocycles. The van der Waals surface area contributed by atoms with Gasteiger partial charge in [0.05, 0.1) is 5.69 Å². The fourth-order valence-corrected chi connectivity index (χ4v) is 3.28. The summed E-state index contributed by atoms with van der Waals surface area (Å²) in [5.74, 6) is 0.757. The van der Waals surface area contributed by atoms with Crippen LogP contribution in [-0.2, 0) is 9.59 Å². The molecule has 0 aliphatic carbocycles. The number of nitrogens with one attached hydrogen (secondary N) is 2. The second-order valence-corrected chi connectivity index (χ2v) is 6.59. The average molecular weight is 367 g/mol. The number of carbonyl (C=O) groups is 2. The summed E-state index contributed by atoms with van der Waals surface area (Å²) >= 11 is 0. The highest BCUT2D eigenvalue weighted by Crippen LogP contribution is 2.18. The molecule has 2 aliphatic rings. The molecule has 2 aromatic rings. The second kappa shape index (κ2) is 7.67. The number of piperazine rings is 1. The number of hydrogen-bond donors (Lipinski definition) is 2. The van der Waals surface area contributed by atoms with Gasteiger partial charge in [-0.1, -0.05) is 6.07 Å². The maximum absolute atomic E-state index is 12.6. The Morgan fingerprint density at radius 2 is 1.89 bits per heavy atom. The van der Waals surface area contributed by atoms with E-state index in [2.05, 4.69) is 30.9 Å². The van der Waals surface area contributed by atoms with Crippen molar-refractivity contribution in [1.29, 1.82) is 0 Å². The van der Waals surface area contributed by atoms with Crippen LogP contribution in [0.3, 0.4) is 0 Å². The lowest BCUT2D eigenvalue weighted by Crippen LogP contribution is -2.59. The molecule has 2 aliphatic heterocycles. The minimum atomic E-state index is -0.341. The number of anilines is 1. The smallest absolute Gasteiger partial charge is 0.241 e. The molecule has 27 heavy (non-hydrogen) atoms. The van der Waals surface area contributed by atoms with E-state index in [4.69, 9.17) is 0 Å². The summed E-state index contributed by atoms with van der Waals surface area (Å²) in [7, 11) is 0. The molecule has 2 aromatic heterocycles. The quantitative estimate of drug-likeness (QED) is 0.785. The number of aromatic nitrogens is 3. The Bertz CT molecular complexity index is 794. The molecule has 0 saturated carbocycles. The van der Waals surface area contributed by atoms with E-state index >= 15 is 0 Å². The van der Waals surface area contributed by atoms with E-state index < -0.39 is 0 Å². The Kier molecular flexibility index (Phi) is 4.93. The third-order valence-electron chi connectivity index (χ3n) is 4.84. The third kappa shape index (κ3) is 3.87. The van der Waals surface area contributed by atoms with Crippen LogP contribution in [0, 0.1) is 0 Å². The number of hydrogen-bond acceptors (Lipinski definition) is 7. The summed E-state index contributed by atoms with van der Waals surface area (Å²) in [6.07, 6.45) is 2.64. The van der Waals surface area contributed by atoms with Crippen molar-refractivity contribution >= 4 is 17.6 Å². The van der Waals surface area contributed by atoms with Gasteiger partial charge in [0.15, 0.2) is 5.82 Å². The van der Waals surface area contributed by atoms with Crippen molar-refractivity contribution in [2.24, 2.45) is 0 Å². The van der Waals surface area contributed by atoms with Gasteiger partial charge >= 0.3 is 0 Å². The molecule has 9 nitrogen and oxygen atoms in total. The molecule has 2 amide bonds. The highest BCUT2D eigenvalue weighted by Gasteiger charge is 2.30. The second-order valence-electron chi connectivity index (χ2n) is 6.59. The molecule has 0 spiro atoms. The Hall–Kier alpha value is -3.07. The van der Waals surface area contributed by atoms with E-state index in [9.17, 15) is 9.59 Å². The minimum absolute atomic E-state index is 0.0336. The summed E-state index contributed by atoms with van der Waals surface area (Å²) < 4.78 is 0. The summed E-state index contributed by atoms with van der Waals surface area (Å²) in [5.41, 5.74) is 6.86. The molecule has 9 heteroatoms. The first-order chi connectivity index (χ1) is 13.2. The van der Waals surface area contributed by atoms with Crippen molar-refractivity contribution < 1.29 is 9.59 Å². The predicted octanol–water partition coefficient (Wildman–Crippen LogP) is -0.0296. The summed E-state index contributed by atoms with van der Waals surface area (Å²) in [6.45, 7) is 2.63. The van der Waals surface area contributed by atoms with Gasteiger partial charge in [0.1, 0.15) is 11.7 Å². The van der Waals surface area contributed by atoms with Gasteiger partial charge in [-0.2, -0.15) is 0 Å². The Morgan fingerprint density at radius 1 is 1.04 bits per heavy atom. The number of amides is 2. The first-order valence-corrected chi connectivity index (χ1v) is 9.04. The summed E-state index contributed by atoms with van der Waals surface area (Å²) in [4.78, 5) is 32.0. The topological polar surface area (TPSA) is 103 Å². The normalized spacial score (nSPS) is 20.3. The van der Waals surface area contributed by atoms with E-state index in [-0.39, 0.29) is 17.9 Å². The van der Waals surface area contributed by atoms with Crippen molar-refractivity contribution in [1.82, 2.24) is 30.9 Å².